The number of hydrogen-bond acceptors (Lipinski definition) is 4. The van der Waals surface area contributed by atoms with Crippen LogP contribution in [0.3, 0.4) is 0 Å². The van der Waals surface area contributed by atoms with Gasteiger partial charge in [0.2, 0.25) is 0 Å². The van der Waals surface area contributed by atoms with Gasteiger partial charge >= 0.3 is 5.97 Å². The first-order valence-corrected chi connectivity index (χ1v) is 9.34. The summed E-state index contributed by atoms with van der Waals surface area (Å²) < 4.78 is 10.8. The first kappa shape index (κ1) is 19.1. The van der Waals surface area contributed by atoms with Gasteiger partial charge in [-0.25, -0.2) is 4.79 Å². The number of ketones is 1. The monoisotopic (exact) mass is 364 g/mol. The van der Waals surface area contributed by atoms with E-state index in [1.807, 2.05) is 48.5 Å². The third-order valence-corrected chi connectivity index (χ3v) is 4.51. The van der Waals surface area contributed by atoms with E-state index in [0.29, 0.717) is 12.2 Å². The second-order valence-electron chi connectivity index (χ2n) is 6.57. The fourth-order valence-corrected chi connectivity index (χ4v) is 3.01. The third kappa shape index (κ3) is 6.19. The van der Waals surface area contributed by atoms with Crippen molar-refractivity contribution in [3.8, 4) is 0 Å². The molecule has 1 fully saturated rings. The summed E-state index contributed by atoms with van der Waals surface area (Å²) in [5.74, 6) is -0.364. The zero-order valence-corrected chi connectivity index (χ0v) is 15.3. The number of ether oxygens (including phenoxy) is 2. The summed E-state index contributed by atoms with van der Waals surface area (Å²) in [5.41, 5.74) is 1.19. The highest BCUT2D eigenvalue weighted by atomic mass is 16.6. The van der Waals surface area contributed by atoms with E-state index in [2.05, 4.69) is 0 Å². The lowest BCUT2D eigenvalue weighted by molar-refractivity contribution is -0.114. The van der Waals surface area contributed by atoms with Crippen molar-refractivity contribution in [3.63, 3.8) is 0 Å². The minimum atomic E-state index is -0.364. The Labute approximate surface area is 159 Å². The van der Waals surface area contributed by atoms with E-state index in [-0.39, 0.29) is 30.4 Å². The van der Waals surface area contributed by atoms with Gasteiger partial charge in [0, 0.05) is 12.8 Å². The number of allylic oxidation sites excluding steroid dienone is 2. The van der Waals surface area contributed by atoms with Crippen molar-refractivity contribution in [2.24, 2.45) is 0 Å². The Morgan fingerprint density at radius 1 is 0.815 bits per heavy atom. The zero-order valence-electron chi connectivity index (χ0n) is 15.3. The standard InChI is InChI=1S/C17H18O4.C6H6/c18-13-6-2-4-8-15-16(21-15)9-10-20-17(19)14-7-3-1-5-12(14)11-13;1-2-4-6-5-3-1/h1-3,5-7,15-16H,4,8-11H2;1-6H/b6-2+;. The smallest absolute Gasteiger partial charge is 0.338 e. The fourth-order valence-electron chi connectivity index (χ4n) is 3.01. The van der Waals surface area contributed by atoms with E-state index < -0.39 is 0 Å². The number of hydrogen-bond donors (Lipinski definition) is 0. The molecule has 2 aliphatic rings. The van der Waals surface area contributed by atoms with Crippen LogP contribution in [0.2, 0.25) is 0 Å². The Kier molecular flexibility index (Phi) is 6.94. The molecule has 0 bridgehead atoms. The lowest BCUT2D eigenvalue weighted by Gasteiger charge is -2.08. The van der Waals surface area contributed by atoms with Gasteiger partial charge in [0.1, 0.15) is 0 Å². The molecule has 140 valence electrons. The Bertz CT molecular complexity index is 755. The van der Waals surface area contributed by atoms with Gasteiger partial charge in [-0.15, -0.1) is 0 Å². The van der Waals surface area contributed by atoms with Crippen molar-refractivity contribution in [3.05, 3.63) is 83.9 Å². The van der Waals surface area contributed by atoms with Crippen LogP contribution in [0, 0.1) is 0 Å². The van der Waals surface area contributed by atoms with Crippen molar-refractivity contribution in [2.75, 3.05) is 6.61 Å². The molecule has 2 aromatic carbocycles. The van der Waals surface area contributed by atoms with Gasteiger partial charge in [0.15, 0.2) is 5.78 Å². The van der Waals surface area contributed by atoms with Crippen LogP contribution >= 0.6 is 0 Å². The van der Waals surface area contributed by atoms with Crippen LogP contribution in [0.25, 0.3) is 0 Å². The molecule has 0 amide bonds. The predicted molar refractivity (Wildman–Crippen MR) is 104 cm³/mol. The average Bonchev–Trinajstić information content (AvgIpc) is 3.45. The van der Waals surface area contributed by atoms with Crippen LogP contribution in [0.4, 0.5) is 0 Å². The Morgan fingerprint density at radius 2 is 1.48 bits per heavy atom. The first-order valence-electron chi connectivity index (χ1n) is 9.34. The number of cyclic esters (lactones) is 1. The molecule has 0 saturated carbocycles. The van der Waals surface area contributed by atoms with Gasteiger partial charge in [-0.2, -0.15) is 0 Å². The van der Waals surface area contributed by atoms with Gasteiger partial charge in [-0.1, -0.05) is 60.7 Å². The molecule has 0 spiro atoms. The maximum absolute atomic E-state index is 12.1. The molecule has 4 heteroatoms. The number of epoxide rings is 1. The summed E-state index contributed by atoms with van der Waals surface area (Å²) in [6.45, 7) is 0.359. The predicted octanol–water partition coefficient (Wildman–Crippen LogP) is 4.15. The van der Waals surface area contributed by atoms with Gasteiger partial charge in [-0.05, 0) is 30.5 Å². The van der Waals surface area contributed by atoms with Crippen LogP contribution in [-0.4, -0.2) is 30.6 Å². The molecule has 0 aliphatic carbocycles. The Balaban J connectivity index is 0.000000299. The topological polar surface area (TPSA) is 55.9 Å². The minimum absolute atomic E-state index is 0.000532. The van der Waals surface area contributed by atoms with Crippen molar-refractivity contribution < 1.29 is 19.1 Å². The highest BCUT2D eigenvalue weighted by molar-refractivity contribution is 5.96. The molecule has 0 N–H and O–H groups in total. The third-order valence-electron chi connectivity index (χ3n) is 4.51. The summed E-state index contributed by atoms with van der Waals surface area (Å²) in [6, 6.07) is 19.1. The van der Waals surface area contributed by atoms with Crippen molar-refractivity contribution in [1.29, 1.82) is 0 Å². The Hall–Kier alpha value is -2.72. The zero-order chi connectivity index (χ0) is 18.9. The number of fused-ring (bicyclic) bond motifs is 2. The number of rotatable bonds is 0. The summed E-state index contributed by atoms with van der Waals surface area (Å²) in [4.78, 5) is 24.1. The summed E-state index contributed by atoms with van der Waals surface area (Å²) in [7, 11) is 0. The molecule has 2 unspecified atom stereocenters. The van der Waals surface area contributed by atoms with E-state index >= 15 is 0 Å². The van der Waals surface area contributed by atoms with E-state index in [1.54, 1.807) is 24.3 Å². The lowest BCUT2D eigenvalue weighted by atomic mass is 10.0. The maximum atomic E-state index is 12.1. The van der Waals surface area contributed by atoms with Crippen molar-refractivity contribution >= 4 is 11.8 Å². The Morgan fingerprint density at radius 3 is 2.22 bits per heavy atom. The second-order valence-corrected chi connectivity index (χ2v) is 6.57. The average molecular weight is 364 g/mol. The molecule has 0 radical (unpaired) electrons. The first-order chi connectivity index (χ1) is 13.2. The highest BCUT2D eigenvalue weighted by Gasteiger charge is 2.37. The van der Waals surface area contributed by atoms with E-state index in [4.69, 9.17) is 9.47 Å². The number of esters is 1. The lowest BCUT2D eigenvalue weighted by Crippen LogP contribution is -2.13. The van der Waals surface area contributed by atoms with Crippen molar-refractivity contribution in [2.45, 2.75) is 37.9 Å². The molecular formula is C23H24O4. The van der Waals surface area contributed by atoms with Gasteiger partial charge < -0.3 is 9.47 Å². The molecule has 0 aromatic heterocycles. The highest BCUT2D eigenvalue weighted by Crippen LogP contribution is 2.29. The van der Waals surface area contributed by atoms with Crippen LogP contribution in [0.1, 0.15) is 35.2 Å². The number of benzene rings is 2. The van der Waals surface area contributed by atoms with Crippen molar-refractivity contribution in [1.82, 2.24) is 0 Å². The molecular weight excluding hydrogens is 340 g/mol. The van der Waals surface area contributed by atoms with Gasteiger partial charge in [-0.3, -0.25) is 4.79 Å². The van der Waals surface area contributed by atoms with E-state index in [9.17, 15) is 9.59 Å². The summed E-state index contributed by atoms with van der Waals surface area (Å²) in [5, 5.41) is 0. The van der Waals surface area contributed by atoms with Gasteiger partial charge in [0.05, 0.1) is 24.4 Å². The SMILES string of the molecule is O=C1/C=C/CCC2OC2CCOC(=O)c2ccccc2C1.c1ccccc1. The van der Waals surface area contributed by atoms with Crippen LogP contribution in [-0.2, 0) is 20.7 Å². The summed E-state index contributed by atoms with van der Waals surface area (Å²) in [6.07, 6.45) is 6.66. The quantitative estimate of drug-likeness (QED) is 0.520. The van der Waals surface area contributed by atoms with Crippen LogP contribution in [0.5, 0.6) is 0 Å². The van der Waals surface area contributed by atoms with Crippen LogP contribution in [0.15, 0.2) is 72.8 Å². The molecule has 4 nitrogen and oxygen atoms in total. The number of carbonyl (C=O) groups excluding carboxylic acids is 2. The summed E-state index contributed by atoms with van der Waals surface area (Å²) >= 11 is 0. The minimum Gasteiger partial charge on any atom is -0.462 e. The van der Waals surface area contributed by atoms with E-state index in [0.717, 1.165) is 24.8 Å². The largest absolute Gasteiger partial charge is 0.462 e. The normalized spacial score (nSPS) is 23.4. The second kappa shape index (κ2) is 9.83. The molecule has 27 heavy (non-hydrogen) atoms. The molecule has 2 atom stereocenters. The molecule has 2 aliphatic heterocycles. The maximum Gasteiger partial charge on any atom is 0.338 e. The van der Waals surface area contributed by atoms with Gasteiger partial charge in [0.25, 0.3) is 0 Å². The number of carbonyl (C=O) groups is 2. The molecule has 4 rings (SSSR count). The van der Waals surface area contributed by atoms with Crippen LogP contribution < -0.4 is 0 Å². The molecule has 1 saturated heterocycles. The fraction of sp³-hybridized carbons (Fsp3) is 0.304. The van der Waals surface area contributed by atoms with E-state index in [1.165, 1.54) is 0 Å². The molecule has 2 heterocycles. The molecule has 2 aromatic rings.